The van der Waals surface area contributed by atoms with Crippen LogP contribution in [0.2, 0.25) is 0 Å². The van der Waals surface area contributed by atoms with E-state index in [1.165, 1.54) is 10.9 Å². The van der Waals surface area contributed by atoms with E-state index in [-0.39, 0.29) is 12.1 Å². The summed E-state index contributed by atoms with van der Waals surface area (Å²) in [7, 11) is 1.74. The van der Waals surface area contributed by atoms with Gasteiger partial charge in [-0.2, -0.15) is 5.10 Å². The highest BCUT2D eigenvalue weighted by Crippen LogP contribution is 2.16. The quantitative estimate of drug-likeness (QED) is 0.671. The fourth-order valence-corrected chi connectivity index (χ4v) is 2.71. The zero-order valence-corrected chi connectivity index (χ0v) is 13.1. The number of hydrogen-bond acceptors (Lipinski definition) is 6. The Morgan fingerprint density at radius 2 is 2.19 bits per heavy atom. The smallest absolute Gasteiger partial charge is 0.266 e. The molecule has 10 heteroatoms. The Balaban J connectivity index is 2.05. The molecule has 3 aromatic heterocycles. The Bertz CT molecular complexity index is 848. The highest BCUT2D eigenvalue weighted by atomic mass is 79.9. The summed E-state index contributed by atoms with van der Waals surface area (Å²) in [6.45, 7) is 3.03. The van der Waals surface area contributed by atoms with Crippen LogP contribution in [-0.2, 0) is 20.1 Å². The lowest BCUT2D eigenvalue weighted by Crippen LogP contribution is -2.23. The second kappa shape index (κ2) is 5.35. The summed E-state index contributed by atoms with van der Waals surface area (Å²) in [5, 5.41) is 16.1. The number of aromatic nitrogens is 8. The first-order chi connectivity index (χ1) is 10.1. The lowest BCUT2D eigenvalue weighted by atomic mass is 10.4. The van der Waals surface area contributed by atoms with Crippen LogP contribution in [-0.4, -0.2) is 39.5 Å². The van der Waals surface area contributed by atoms with Crippen LogP contribution in [0.5, 0.6) is 0 Å². The van der Waals surface area contributed by atoms with Gasteiger partial charge in [0, 0.05) is 13.6 Å². The minimum Gasteiger partial charge on any atom is -0.291 e. The van der Waals surface area contributed by atoms with E-state index in [0.717, 1.165) is 6.42 Å². The minimum absolute atomic E-state index is 0.175. The lowest BCUT2D eigenvalue weighted by Gasteiger charge is -2.05. The fraction of sp³-hybridized carbons (Fsp3) is 0.455. The summed E-state index contributed by atoms with van der Waals surface area (Å²) >= 11 is 3.29. The Labute approximate surface area is 127 Å². The van der Waals surface area contributed by atoms with E-state index in [1.807, 2.05) is 6.92 Å². The van der Waals surface area contributed by atoms with Gasteiger partial charge >= 0.3 is 0 Å². The standard InChI is InChI=1S/C11H13BrN8O/c1-3-4-20-7(14-16-17-20)5-19-6-13-10-8(11(19)21)9(12)15-18(10)2/h6H,3-5H2,1-2H3. The molecule has 0 fully saturated rings. The molecule has 3 aromatic rings. The summed E-state index contributed by atoms with van der Waals surface area (Å²) < 4.78 is 5.22. The molecular formula is C11H13BrN8O. The maximum Gasteiger partial charge on any atom is 0.266 e. The highest BCUT2D eigenvalue weighted by Gasteiger charge is 2.15. The Morgan fingerprint density at radius 1 is 1.38 bits per heavy atom. The first-order valence-electron chi connectivity index (χ1n) is 6.44. The van der Waals surface area contributed by atoms with Crippen molar-refractivity contribution in [3.05, 3.63) is 27.1 Å². The number of tetrazole rings is 1. The average molecular weight is 353 g/mol. The maximum absolute atomic E-state index is 12.5. The molecule has 0 radical (unpaired) electrons. The van der Waals surface area contributed by atoms with Gasteiger partial charge in [-0.1, -0.05) is 6.92 Å². The second-order valence-corrected chi connectivity index (χ2v) is 5.36. The molecule has 0 spiro atoms. The molecule has 0 aliphatic heterocycles. The van der Waals surface area contributed by atoms with Crippen LogP contribution >= 0.6 is 15.9 Å². The first kappa shape index (κ1) is 13.9. The van der Waals surface area contributed by atoms with Gasteiger partial charge in [0.1, 0.15) is 16.3 Å². The molecular weight excluding hydrogens is 340 g/mol. The van der Waals surface area contributed by atoms with Gasteiger partial charge in [-0.3, -0.25) is 9.36 Å². The predicted octanol–water partition coefficient (Wildman–Crippen LogP) is 0.337. The van der Waals surface area contributed by atoms with Gasteiger partial charge < -0.3 is 0 Å². The fourth-order valence-electron chi connectivity index (χ4n) is 2.12. The molecule has 0 amide bonds. The molecule has 0 aliphatic carbocycles. The summed E-state index contributed by atoms with van der Waals surface area (Å²) in [6.07, 6.45) is 2.40. The minimum atomic E-state index is -0.175. The number of halogens is 1. The van der Waals surface area contributed by atoms with Crippen molar-refractivity contribution in [2.45, 2.75) is 26.4 Å². The van der Waals surface area contributed by atoms with Crippen LogP contribution < -0.4 is 5.56 Å². The van der Waals surface area contributed by atoms with E-state index in [1.54, 1.807) is 16.4 Å². The molecule has 9 nitrogen and oxygen atoms in total. The van der Waals surface area contributed by atoms with Crippen LogP contribution in [0, 0.1) is 0 Å². The average Bonchev–Trinajstić information content (AvgIpc) is 2.99. The summed E-state index contributed by atoms with van der Waals surface area (Å²) in [6, 6.07) is 0. The number of aryl methyl sites for hydroxylation is 2. The van der Waals surface area contributed by atoms with E-state index in [9.17, 15) is 4.79 Å². The van der Waals surface area contributed by atoms with Crippen LogP contribution in [0.4, 0.5) is 0 Å². The maximum atomic E-state index is 12.5. The molecule has 3 rings (SSSR count). The lowest BCUT2D eigenvalue weighted by molar-refractivity contribution is 0.540. The topological polar surface area (TPSA) is 96.3 Å². The normalized spacial score (nSPS) is 11.4. The first-order valence-corrected chi connectivity index (χ1v) is 7.23. The molecule has 21 heavy (non-hydrogen) atoms. The van der Waals surface area contributed by atoms with Crippen molar-refractivity contribution >= 4 is 27.0 Å². The van der Waals surface area contributed by atoms with Crippen molar-refractivity contribution in [1.29, 1.82) is 0 Å². The van der Waals surface area contributed by atoms with Crippen LogP contribution in [0.25, 0.3) is 11.0 Å². The zero-order chi connectivity index (χ0) is 15.0. The number of rotatable bonds is 4. The molecule has 0 atom stereocenters. The Kier molecular flexibility index (Phi) is 3.53. The van der Waals surface area contributed by atoms with Crippen molar-refractivity contribution in [2.24, 2.45) is 7.05 Å². The molecule has 0 saturated carbocycles. The molecule has 0 saturated heterocycles. The van der Waals surface area contributed by atoms with Gasteiger partial charge in [0.2, 0.25) is 0 Å². The predicted molar refractivity (Wildman–Crippen MR) is 77.7 cm³/mol. The SMILES string of the molecule is CCCn1nnnc1Cn1cnc2c(c(Br)nn2C)c1=O. The second-order valence-electron chi connectivity index (χ2n) is 4.61. The van der Waals surface area contributed by atoms with Gasteiger partial charge in [0.05, 0.1) is 6.54 Å². The Morgan fingerprint density at radius 3 is 2.95 bits per heavy atom. The molecule has 3 heterocycles. The van der Waals surface area contributed by atoms with E-state index in [0.29, 0.717) is 28.0 Å². The van der Waals surface area contributed by atoms with Gasteiger partial charge in [-0.05, 0) is 32.8 Å². The van der Waals surface area contributed by atoms with Crippen LogP contribution in [0.3, 0.4) is 0 Å². The van der Waals surface area contributed by atoms with E-state index in [2.05, 4.69) is 41.5 Å². The van der Waals surface area contributed by atoms with Crippen molar-refractivity contribution in [3.8, 4) is 0 Å². The van der Waals surface area contributed by atoms with E-state index >= 15 is 0 Å². The monoisotopic (exact) mass is 352 g/mol. The van der Waals surface area contributed by atoms with Gasteiger partial charge in [0.25, 0.3) is 5.56 Å². The molecule has 110 valence electrons. The molecule has 0 aliphatic rings. The van der Waals surface area contributed by atoms with Gasteiger partial charge in [-0.15, -0.1) is 5.10 Å². The van der Waals surface area contributed by atoms with E-state index in [4.69, 9.17) is 0 Å². The number of hydrogen-bond donors (Lipinski definition) is 0. The largest absolute Gasteiger partial charge is 0.291 e. The summed E-state index contributed by atoms with van der Waals surface area (Å²) in [4.78, 5) is 16.8. The Hall–Kier alpha value is -2.10. The van der Waals surface area contributed by atoms with E-state index < -0.39 is 0 Å². The van der Waals surface area contributed by atoms with Crippen molar-refractivity contribution in [1.82, 2.24) is 39.5 Å². The van der Waals surface area contributed by atoms with Crippen molar-refractivity contribution in [3.63, 3.8) is 0 Å². The zero-order valence-electron chi connectivity index (χ0n) is 11.6. The third-order valence-corrected chi connectivity index (χ3v) is 3.68. The molecule has 0 unspecified atom stereocenters. The van der Waals surface area contributed by atoms with Crippen molar-refractivity contribution in [2.75, 3.05) is 0 Å². The highest BCUT2D eigenvalue weighted by molar-refractivity contribution is 9.10. The van der Waals surface area contributed by atoms with Crippen LogP contribution in [0.1, 0.15) is 19.2 Å². The number of nitrogens with zero attached hydrogens (tertiary/aromatic N) is 8. The van der Waals surface area contributed by atoms with Crippen LogP contribution in [0.15, 0.2) is 15.7 Å². The molecule has 0 aromatic carbocycles. The third-order valence-electron chi connectivity index (χ3n) is 3.12. The van der Waals surface area contributed by atoms with Gasteiger partial charge in [-0.25, -0.2) is 14.3 Å². The summed E-state index contributed by atoms with van der Waals surface area (Å²) in [5.41, 5.74) is 0.363. The van der Waals surface area contributed by atoms with Gasteiger partial charge in [0.15, 0.2) is 11.5 Å². The third kappa shape index (κ3) is 2.35. The molecule has 0 bridgehead atoms. The summed E-state index contributed by atoms with van der Waals surface area (Å²) in [5.74, 6) is 0.625. The number of fused-ring (bicyclic) bond motifs is 1. The molecule has 0 N–H and O–H groups in total. The van der Waals surface area contributed by atoms with Crippen molar-refractivity contribution < 1.29 is 0 Å².